The smallest absolute Gasteiger partial charge is 0.311 e. The zero-order valence-corrected chi connectivity index (χ0v) is 48.9. The molecule has 3 aliphatic rings. The normalized spacial score (nSPS) is 37.0. The van der Waals surface area contributed by atoms with Crippen molar-refractivity contribution in [2.75, 3.05) is 0 Å². The van der Waals surface area contributed by atoms with Crippen LogP contribution >= 0.6 is 0 Å². The van der Waals surface area contributed by atoms with Gasteiger partial charge in [-0.15, -0.1) is 0 Å². The average molecular weight is 1230 g/mol. The zero-order chi connectivity index (χ0) is 64.0. The van der Waals surface area contributed by atoms with Crippen molar-refractivity contribution in [1.82, 2.24) is 29.5 Å². The number of hydrogen-bond donors (Lipinski definition) is 13. The second kappa shape index (κ2) is 34.6. The van der Waals surface area contributed by atoms with Crippen molar-refractivity contribution in [2.45, 2.75) is 195 Å². The Morgan fingerprint density at radius 3 is 1.84 bits per heavy atom. The molecule has 87 heavy (non-hydrogen) atoms. The number of carbonyl (C=O) groups excluding carboxylic acids is 1. The molecule has 3 aromatic rings. The van der Waals surface area contributed by atoms with Crippen LogP contribution in [0.15, 0.2) is 129 Å². The van der Waals surface area contributed by atoms with Crippen molar-refractivity contribution in [2.24, 2.45) is 23.5 Å². The fourth-order valence-corrected chi connectivity index (χ4v) is 10.2. The highest BCUT2D eigenvalue weighted by molar-refractivity contribution is 5.71. The number of nitrogens with two attached hydrogens (primary N) is 1. The number of ether oxygens (including phenoxy) is 4. The quantitative estimate of drug-likeness (QED) is 0.142. The Bertz CT molecular complexity index is 2730. The lowest BCUT2D eigenvalue weighted by molar-refractivity contribution is -0.308. The Labute approximate surface area is 503 Å². The number of cyclic esters (lactones) is 1. The van der Waals surface area contributed by atoms with E-state index in [-0.39, 0.29) is 50.3 Å². The van der Waals surface area contributed by atoms with E-state index in [4.69, 9.17) is 24.7 Å². The Kier molecular flexibility index (Phi) is 28.5. The van der Waals surface area contributed by atoms with E-state index < -0.39 is 164 Å². The van der Waals surface area contributed by atoms with Gasteiger partial charge >= 0.3 is 11.9 Å². The van der Waals surface area contributed by atoms with E-state index in [2.05, 4.69) is 20.2 Å². The first-order valence-electron chi connectivity index (χ1n) is 28.7. The number of benzene rings is 1. The number of aromatic nitrogens is 6. The molecule has 5 heterocycles. The van der Waals surface area contributed by atoms with Crippen LogP contribution in [0.1, 0.15) is 84.6 Å². The lowest BCUT2D eigenvalue weighted by Gasteiger charge is -2.45. The molecule has 5 unspecified atom stereocenters. The van der Waals surface area contributed by atoms with Crippen LogP contribution in [0.5, 0.6) is 0 Å². The number of aliphatic hydroxyl groups excluding tert-OH is 9. The van der Waals surface area contributed by atoms with Gasteiger partial charge in [-0.05, 0) is 39.2 Å². The molecule has 2 saturated heterocycles. The fourth-order valence-electron chi connectivity index (χ4n) is 10.2. The van der Waals surface area contributed by atoms with E-state index in [0.717, 1.165) is 12.1 Å². The highest BCUT2D eigenvalue weighted by atomic mass is 19.1. The third-order valence-electron chi connectivity index (χ3n) is 15.2. The summed E-state index contributed by atoms with van der Waals surface area (Å²) in [6.07, 6.45) is 8.94. The number of aliphatic hydroxyl groups is 11. The van der Waals surface area contributed by atoms with Crippen molar-refractivity contribution >= 4 is 11.9 Å². The second-order valence-electron chi connectivity index (χ2n) is 22.4. The minimum absolute atomic E-state index is 0.0556. The van der Waals surface area contributed by atoms with Gasteiger partial charge in [-0.25, -0.2) is 28.1 Å². The number of carbonyl (C=O) groups is 2. The van der Waals surface area contributed by atoms with Gasteiger partial charge < -0.3 is 86.0 Å². The first-order chi connectivity index (χ1) is 41.2. The number of esters is 1. The monoisotopic (exact) mass is 1230 g/mol. The molecule has 19 atom stereocenters. The standard InChI is InChI=1S/C47H73NO17.C13H12F2N6O/c1-27-17-15-13-11-9-7-5-6-8-10-12-14-16-18-34(64-46-44(58)41(48)43(57)30(4)63-46)24-38-40(45(59)60)37(54)26-47(61,65-38)25-33(51)21-31(49)19-20-35(52)36(53)22-32(50)23-39(55)62-29(3)28(2)42(27)56;14-10-1-2-11(12(15)3-10)13(22,4-20-8-16-6-18-20)5-21-9-17-7-19-21/h5-18,27-38,40-44,46,49-54,56-58,61H,19-26,48H2,1-4H3,(H,59,60);1-3,6-9,22H,4-5H2/b6-5+,9-7+,10-8+,13-11+,14-12+,17-15-,18-16+;/t27-,28+,29-,30?,31-,32+,33-,34-,35-,36-,37-,38-,40+,41?,42+,43?,44?,46?,47+;/m0./s1. The number of allylic oxidation sites excluding steroid dienone is 12. The molecule has 0 radical (unpaired) electrons. The second-order valence-corrected chi connectivity index (χ2v) is 22.4. The minimum atomic E-state index is -2.29. The van der Waals surface area contributed by atoms with Crippen LogP contribution in [0.3, 0.4) is 0 Å². The fraction of sp³-hybridized carbons (Fsp3) is 0.567. The first kappa shape index (κ1) is 71.6. The highest BCUT2D eigenvalue weighted by Gasteiger charge is 2.51. The minimum Gasteiger partial charge on any atom is -0.481 e. The van der Waals surface area contributed by atoms with Crippen LogP contribution in [0, 0.1) is 29.4 Å². The summed E-state index contributed by atoms with van der Waals surface area (Å²) < 4.78 is 53.1. The molecule has 0 amide bonds. The van der Waals surface area contributed by atoms with Crippen molar-refractivity contribution in [1.29, 1.82) is 0 Å². The number of halogens is 2. The number of hydrogen-bond acceptors (Lipinski definition) is 22. The van der Waals surface area contributed by atoms with Crippen molar-refractivity contribution in [3.8, 4) is 0 Å². The summed E-state index contributed by atoms with van der Waals surface area (Å²) in [5, 5.41) is 137. The summed E-state index contributed by atoms with van der Waals surface area (Å²) in [5.41, 5.74) is 4.27. The van der Waals surface area contributed by atoms with Crippen molar-refractivity contribution < 1.29 is 98.6 Å². The molecule has 1 aromatic carbocycles. The predicted octanol–water partition coefficient (Wildman–Crippen LogP) is 1.45. The SMILES string of the molecule is CC1OC(O[C@H]2/C=C/C=C/C=C/C=C/C=C/C=C/C=C\[C@H](C)[C@@H](O)[C@H](C)[C@H](C)OC(=O)C[C@H](O)C[C@H](O)[C@@H](O)CC[C@H](O)C[C@H](O)C[C@]3(O)C[C@H](O)[C@@H](C(=O)O)[C@H](C2)O3)C(O)C(N)C1O.OC(Cn1cncn1)(Cn1cncn1)c1ccc(F)cc1F. The van der Waals surface area contributed by atoms with Gasteiger partial charge in [0, 0.05) is 49.1 Å². The van der Waals surface area contributed by atoms with Crippen LogP contribution in [0.4, 0.5) is 8.78 Å². The molecule has 2 bridgehead atoms. The Hall–Kier alpha value is -6.12. The number of carboxylic acids is 1. The Balaban J connectivity index is 0.000000518. The Morgan fingerprint density at radius 1 is 0.713 bits per heavy atom. The van der Waals surface area contributed by atoms with E-state index in [0.29, 0.717) is 0 Å². The van der Waals surface area contributed by atoms with E-state index in [1.54, 1.807) is 86.8 Å². The van der Waals surface area contributed by atoms with Crippen LogP contribution in [0.2, 0.25) is 0 Å². The molecule has 2 aromatic heterocycles. The van der Waals surface area contributed by atoms with Crippen LogP contribution < -0.4 is 5.73 Å². The maximum Gasteiger partial charge on any atom is 0.311 e. The molecular weight excluding hydrogens is 1140 g/mol. The topological polar surface area (TPSA) is 401 Å². The lowest BCUT2D eigenvalue weighted by atomic mass is 9.82. The first-order valence-corrected chi connectivity index (χ1v) is 28.7. The van der Waals surface area contributed by atoms with E-state index >= 15 is 0 Å². The number of carboxylic acid groups (broad SMARTS) is 1. The van der Waals surface area contributed by atoms with Crippen LogP contribution in [0.25, 0.3) is 0 Å². The largest absolute Gasteiger partial charge is 0.481 e. The van der Waals surface area contributed by atoms with E-state index in [9.17, 15) is 79.6 Å². The summed E-state index contributed by atoms with van der Waals surface area (Å²) in [6, 6.07) is 1.88. The van der Waals surface area contributed by atoms with Gasteiger partial charge in [0.1, 0.15) is 60.7 Å². The van der Waals surface area contributed by atoms with Crippen molar-refractivity contribution in [3.05, 3.63) is 146 Å². The molecule has 25 nitrogen and oxygen atoms in total. The predicted molar refractivity (Wildman–Crippen MR) is 307 cm³/mol. The van der Waals surface area contributed by atoms with Crippen LogP contribution in [-0.4, -0.2) is 200 Å². The van der Waals surface area contributed by atoms with Gasteiger partial charge in [0.15, 0.2) is 12.1 Å². The Morgan fingerprint density at radius 2 is 1.29 bits per heavy atom. The number of rotatable bonds is 8. The molecule has 3 aliphatic heterocycles. The molecule has 14 N–H and O–H groups in total. The van der Waals surface area contributed by atoms with Gasteiger partial charge in [-0.1, -0.05) is 105 Å². The average Bonchev–Trinajstić information content (AvgIpc) is 3.47. The lowest BCUT2D eigenvalue weighted by Crippen LogP contribution is -2.61. The van der Waals surface area contributed by atoms with Gasteiger partial charge in [-0.2, -0.15) is 10.2 Å². The molecule has 2 fully saturated rings. The van der Waals surface area contributed by atoms with Gasteiger partial charge in [0.05, 0.1) is 92.7 Å². The summed E-state index contributed by atoms with van der Waals surface area (Å²) in [7, 11) is 0. The van der Waals surface area contributed by atoms with Gasteiger partial charge in [0.2, 0.25) is 0 Å². The van der Waals surface area contributed by atoms with Crippen molar-refractivity contribution in [3.63, 3.8) is 0 Å². The third-order valence-corrected chi connectivity index (χ3v) is 15.2. The van der Waals surface area contributed by atoms with E-state index in [1.807, 2.05) is 13.0 Å². The summed E-state index contributed by atoms with van der Waals surface area (Å²) in [6.45, 7) is 6.57. The molecule has 27 heteroatoms. The van der Waals surface area contributed by atoms with Crippen LogP contribution in [-0.2, 0) is 47.2 Å². The maximum absolute atomic E-state index is 14.1. The third kappa shape index (κ3) is 22.8. The number of nitrogens with zero attached hydrogens (tertiary/aromatic N) is 6. The summed E-state index contributed by atoms with van der Waals surface area (Å²) >= 11 is 0. The van der Waals surface area contributed by atoms with Gasteiger partial charge in [-0.3, -0.25) is 9.59 Å². The molecule has 0 saturated carbocycles. The highest BCUT2D eigenvalue weighted by Crippen LogP contribution is 2.38. The molecular formula is C60H85F2N7O18. The molecule has 0 spiro atoms. The maximum atomic E-state index is 14.1. The molecule has 482 valence electrons. The van der Waals surface area contributed by atoms with Gasteiger partial charge in [0.25, 0.3) is 0 Å². The summed E-state index contributed by atoms with van der Waals surface area (Å²) in [4.78, 5) is 32.7. The summed E-state index contributed by atoms with van der Waals surface area (Å²) in [5.74, 6) is -8.39. The zero-order valence-electron chi connectivity index (χ0n) is 48.9. The van der Waals surface area contributed by atoms with E-state index in [1.165, 1.54) is 53.7 Å². The number of fused-ring (bicyclic) bond motifs is 2. The molecule has 6 rings (SSSR count). The number of aliphatic carboxylic acids is 1. The molecule has 0 aliphatic carbocycles.